The van der Waals surface area contributed by atoms with Crippen molar-refractivity contribution in [1.29, 1.82) is 0 Å². The number of carbonyl (C=O) groups is 2. The molecular weight excluding hydrogens is 278 g/mol. The lowest BCUT2D eigenvalue weighted by atomic mass is 10.1. The van der Waals surface area contributed by atoms with Crippen molar-refractivity contribution in [3.05, 3.63) is 12.7 Å². The first-order valence-corrected chi connectivity index (χ1v) is 8.68. The van der Waals surface area contributed by atoms with Gasteiger partial charge in [0.1, 0.15) is 6.04 Å². The molecule has 0 saturated carbocycles. The van der Waals surface area contributed by atoms with Gasteiger partial charge in [-0.25, -0.2) is 4.79 Å². The van der Waals surface area contributed by atoms with Crippen molar-refractivity contribution in [2.75, 3.05) is 13.2 Å². The van der Waals surface area contributed by atoms with E-state index in [9.17, 15) is 9.59 Å². The van der Waals surface area contributed by atoms with Gasteiger partial charge in [-0.05, 0) is 25.8 Å². The summed E-state index contributed by atoms with van der Waals surface area (Å²) < 4.78 is 5.29. The quantitative estimate of drug-likeness (QED) is 0.292. The van der Waals surface area contributed by atoms with Crippen LogP contribution < -0.4 is 0 Å². The van der Waals surface area contributed by atoms with Gasteiger partial charge in [0.2, 0.25) is 5.91 Å². The summed E-state index contributed by atoms with van der Waals surface area (Å²) in [4.78, 5) is 25.6. The molecule has 0 heterocycles. The molecule has 22 heavy (non-hydrogen) atoms. The molecule has 0 aromatic rings. The van der Waals surface area contributed by atoms with Gasteiger partial charge in [-0.2, -0.15) is 0 Å². The number of rotatable bonds is 13. The molecule has 0 rings (SSSR count). The molecule has 0 bridgehead atoms. The van der Waals surface area contributed by atoms with Gasteiger partial charge in [-0.15, -0.1) is 0 Å². The summed E-state index contributed by atoms with van der Waals surface area (Å²) in [5, 5.41) is 0. The molecule has 1 amide bonds. The van der Waals surface area contributed by atoms with Crippen molar-refractivity contribution in [2.24, 2.45) is 0 Å². The van der Waals surface area contributed by atoms with E-state index >= 15 is 0 Å². The van der Waals surface area contributed by atoms with Crippen LogP contribution in [0.5, 0.6) is 0 Å². The van der Waals surface area contributed by atoms with Crippen molar-refractivity contribution in [3.8, 4) is 0 Å². The lowest BCUT2D eigenvalue weighted by molar-refractivity contribution is -0.153. The van der Waals surface area contributed by atoms with E-state index in [0.717, 1.165) is 51.4 Å². The van der Waals surface area contributed by atoms with Crippen LogP contribution in [0, 0.1) is 0 Å². The molecule has 0 aliphatic heterocycles. The number of carbonyl (C=O) groups excluding carboxylic acids is 2. The van der Waals surface area contributed by atoms with Crippen molar-refractivity contribution >= 4 is 11.9 Å². The zero-order valence-electron chi connectivity index (χ0n) is 14.6. The second-order valence-corrected chi connectivity index (χ2v) is 5.70. The van der Waals surface area contributed by atoms with E-state index in [1.54, 1.807) is 11.8 Å². The fraction of sp³-hybridized carbons (Fsp3) is 0.778. The number of hydrogen-bond acceptors (Lipinski definition) is 3. The molecule has 0 aliphatic rings. The summed E-state index contributed by atoms with van der Waals surface area (Å²) in [7, 11) is 0. The van der Waals surface area contributed by atoms with E-state index in [4.69, 9.17) is 4.74 Å². The maximum absolute atomic E-state index is 12.1. The van der Waals surface area contributed by atoms with Crippen LogP contribution in [0.1, 0.15) is 72.1 Å². The molecule has 128 valence electrons. The van der Waals surface area contributed by atoms with Crippen LogP contribution in [0.25, 0.3) is 0 Å². The average molecular weight is 311 g/mol. The summed E-state index contributed by atoms with van der Waals surface area (Å²) in [6.07, 6.45) is 9.80. The van der Waals surface area contributed by atoms with E-state index in [0.29, 0.717) is 13.2 Å². The molecular formula is C18H33NO3. The number of esters is 1. The predicted octanol–water partition coefficient (Wildman–Crippen LogP) is 4.09. The Morgan fingerprint density at radius 2 is 1.64 bits per heavy atom. The van der Waals surface area contributed by atoms with Crippen molar-refractivity contribution in [2.45, 2.75) is 78.2 Å². The Morgan fingerprint density at radius 1 is 1.05 bits per heavy atom. The average Bonchev–Trinajstić information content (AvgIpc) is 2.53. The summed E-state index contributed by atoms with van der Waals surface area (Å²) in [5.41, 5.74) is 0. The highest BCUT2D eigenvalue weighted by Gasteiger charge is 2.25. The Kier molecular flexibility index (Phi) is 12.5. The van der Waals surface area contributed by atoms with Crippen LogP contribution in [0.15, 0.2) is 12.7 Å². The monoisotopic (exact) mass is 311 g/mol. The van der Waals surface area contributed by atoms with Gasteiger partial charge < -0.3 is 9.64 Å². The summed E-state index contributed by atoms with van der Waals surface area (Å²) in [5.74, 6) is -0.519. The lowest BCUT2D eigenvalue weighted by Crippen LogP contribution is -2.44. The minimum Gasteiger partial charge on any atom is -0.464 e. The molecule has 0 aliphatic carbocycles. The minimum absolute atomic E-state index is 0.202. The van der Waals surface area contributed by atoms with Crippen molar-refractivity contribution in [1.82, 2.24) is 4.90 Å². The molecule has 4 heteroatoms. The molecule has 0 aromatic carbocycles. The topological polar surface area (TPSA) is 46.6 Å². The first-order chi connectivity index (χ1) is 10.6. The third-order valence-electron chi connectivity index (χ3n) is 3.76. The highest BCUT2D eigenvalue weighted by atomic mass is 16.5. The summed E-state index contributed by atoms with van der Waals surface area (Å²) in [6, 6.07) is -0.543. The van der Waals surface area contributed by atoms with E-state index in [1.165, 1.54) is 6.08 Å². The number of nitrogens with zero attached hydrogens (tertiary/aromatic N) is 1. The van der Waals surface area contributed by atoms with Gasteiger partial charge in [0, 0.05) is 6.54 Å². The maximum atomic E-state index is 12.1. The van der Waals surface area contributed by atoms with Gasteiger partial charge in [0.05, 0.1) is 6.61 Å². The van der Waals surface area contributed by atoms with Gasteiger partial charge in [-0.3, -0.25) is 4.79 Å². The van der Waals surface area contributed by atoms with Gasteiger partial charge in [-0.1, -0.05) is 59.0 Å². The summed E-state index contributed by atoms with van der Waals surface area (Å²) in [6.45, 7) is 10.6. The predicted molar refractivity (Wildman–Crippen MR) is 90.6 cm³/mol. The normalized spacial score (nSPS) is 11.8. The molecule has 0 aromatic heterocycles. The molecule has 0 N–H and O–H groups in total. The van der Waals surface area contributed by atoms with Crippen LogP contribution in [0.3, 0.4) is 0 Å². The lowest BCUT2D eigenvalue weighted by Gasteiger charge is -2.26. The second-order valence-electron chi connectivity index (χ2n) is 5.70. The molecule has 0 saturated heterocycles. The molecule has 1 unspecified atom stereocenters. The highest BCUT2D eigenvalue weighted by Crippen LogP contribution is 2.09. The van der Waals surface area contributed by atoms with E-state index < -0.39 is 6.04 Å². The number of amides is 1. The van der Waals surface area contributed by atoms with E-state index in [2.05, 4.69) is 20.4 Å². The smallest absolute Gasteiger partial charge is 0.328 e. The second kappa shape index (κ2) is 13.4. The molecule has 0 spiro atoms. The number of ether oxygens (including phenoxy) is 1. The van der Waals surface area contributed by atoms with Crippen LogP contribution in [-0.4, -0.2) is 36.0 Å². The molecule has 4 nitrogen and oxygen atoms in total. The minimum atomic E-state index is -0.543. The fourth-order valence-electron chi connectivity index (χ4n) is 2.27. The third-order valence-corrected chi connectivity index (χ3v) is 3.76. The van der Waals surface area contributed by atoms with Gasteiger partial charge in [0.15, 0.2) is 0 Å². The number of hydrogen-bond donors (Lipinski definition) is 0. The molecule has 1 atom stereocenters. The zero-order valence-corrected chi connectivity index (χ0v) is 14.6. The highest BCUT2D eigenvalue weighted by molar-refractivity contribution is 5.91. The Hall–Kier alpha value is -1.32. The standard InChI is InChI=1S/C18H33NO3/c1-5-8-10-12-14-19(17(20)7-3)16(4)18(21)22-15-13-11-9-6-2/h7,16H,3,5-6,8-15H2,1-2,4H3. The van der Waals surface area contributed by atoms with Crippen LogP contribution in [0.4, 0.5) is 0 Å². The van der Waals surface area contributed by atoms with Crippen LogP contribution in [-0.2, 0) is 14.3 Å². The van der Waals surface area contributed by atoms with Crippen LogP contribution >= 0.6 is 0 Å². The largest absolute Gasteiger partial charge is 0.464 e. The molecule has 0 radical (unpaired) electrons. The first kappa shape index (κ1) is 20.7. The summed E-state index contributed by atoms with van der Waals surface area (Å²) >= 11 is 0. The Labute approximate surface area is 135 Å². The Morgan fingerprint density at radius 3 is 2.18 bits per heavy atom. The van der Waals surface area contributed by atoms with Gasteiger partial charge in [0.25, 0.3) is 0 Å². The first-order valence-electron chi connectivity index (χ1n) is 8.68. The Balaban J connectivity index is 4.28. The third kappa shape index (κ3) is 8.85. The maximum Gasteiger partial charge on any atom is 0.328 e. The van der Waals surface area contributed by atoms with Crippen molar-refractivity contribution in [3.63, 3.8) is 0 Å². The van der Waals surface area contributed by atoms with Crippen molar-refractivity contribution < 1.29 is 14.3 Å². The van der Waals surface area contributed by atoms with E-state index in [-0.39, 0.29) is 11.9 Å². The van der Waals surface area contributed by atoms with Crippen LogP contribution in [0.2, 0.25) is 0 Å². The molecule has 0 fully saturated rings. The number of unbranched alkanes of at least 4 members (excludes halogenated alkanes) is 6. The zero-order chi connectivity index (χ0) is 16.8. The van der Waals surface area contributed by atoms with Gasteiger partial charge >= 0.3 is 5.97 Å². The fourth-order valence-corrected chi connectivity index (χ4v) is 2.27. The Bertz CT molecular complexity index is 328. The SMILES string of the molecule is C=CC(=O)N(CCCCCC)C(C)C(=O)OCCCCCC. The van der Waals surface area contributed by atoms with E-state index in [1.807, 2.05) is 0 Å².